The summed E-state index contributed by atoms with van der Waals surface area (Å²) in [6.07, 6.45) is 0. The Labute approximate surface area is 157 Å². The van der Waals surface area contributed by atoms with Crippen LogP contribution in [0.3, 0.4) is 0 Å². The normalized spacial score (nSPS) is 18.5. The van der Waals surface area contributed by atoms with Crippen LogP contribution in [0.4, 0.5) is 5.69 Å². The summed E-state index contributed by atoms with van der Waals surface area (Å²) in [5, 5.41) is 22.4. The molecule has 1 N–H and O–H groups in total. The van der Waals surface area contributed by atoms with E-state index in [0.29, 0.717) is 0 Å². The van der Waals surface area contributed by atoms with Crippen LogP contribution in [0.2, 0.25) is 0 Å². The molecule has 27 heavy (non-hydrogen) atoms. The highest BCUT2D eigenvalue weighted by atomic mass is 16.6. The van der Waals surface area contributed by atoms with Crippen LogP contribution in [0.1, 0.15) is 34.7 Å². The monoisotopic (exact) mass is 357 g/mol. The van der Waals surface area contributed by atoms with Crippen molar-refractivity contribution < 1.29 is 10.0 Å². The van der Waals surface area contributed by atoms with Gasteiger partial charge in [0.15, 0.2) is 0 Å². The van der Waals surface area contributed by atoms with E-state index >= 15 is 0 Å². The molecule has 4 nitrogen and oxygen atoms in total. The maximum Gasteiger partial charge on any atom is 0.269 e. The van der Waals surface area contributed by atoms with E-state index in [1.54, 1.807) is 19.1 Å². The summed E-state index contributed by atoms with van der Waals surface area (Å²) in [5.74, 6) is 0. The van der Waals surface area contributed by atoms with Gasteiger partial charge in [-0.3, -0.25) is 10.1 Å². The Hall–Kier alpha value is -3.24. The maximum absolute atomic E-state index is 11.4. The molecule has 0 saturated heterocycles. The van der Waals surface area contributed by atoms with Crippen molar-refractivity contribution in [1.82, 2.24) is 0 Å². The third kappa shape index (κ3) is 2.75. The summed E-state index contributed by atoms with van der Waals surface area (Å²) in [7, 11) is 0. The minimum absolute atomic E-state index is 0.0337. The first-order chi connectivity index (χ1) is 12.9. The Morgan fingerprint density at radius 3 is 2.11 bits per heavy atom. The molecular weight excluding hydrogens is 338 g/mol. The fourth-order valence-electron chi connectivity index (χ4n) is 3.83. The summed E-state index contributed by atoms with van der Waals surface area (Å²) in [6, 6.07) is 22.4. The number of benzene rings is 3. The van der Waals surface area contributed by atoms with Crippen LogP contribution < -0.4 is 0 Å². The Kier molecular flexibility index (Phi) is 3.93. The average Bonchev–Trinajstić information content (AvgIpc) is 2.90. The standard InChI is InChI=1S/C23H19NO3/c1-15-7-9-16(10-8-15)21-19-5-3-4-6-20(19)23(2,25)22(21)17-11-13-18(14-12-17)24(26)27/h3-14,25H,1-2H3. The highest BCUT2D eigenvalue weighted by Crippen LogP contribution is 2.51. The van der Waals surface area contributed by atoms with Crippen molar-refractivity contribution in [3.8, 4) is 0 Å². The molecule has 1 aliphatic carbocycles. The predicted octanol–water partition coefficient (Wildman–Crippen LogP) is 5.08. The van der Waals surface area contributed by atoms with Gasteiger partial charge in [0.25, 0.3) is 5.69 Å². The van der Waals surface area contributed by atoms with Crippen molar-refractivity contribution >= 4 is 16.8 Å². The lowest BCUT2D eigenvalue weighted by atomic mass is 9.87. The van der Waals surface area contributed by atoms with Crippen molar-refractivity contribution in [2.24, 2.45) is 0 Å². The SMILES string of the molecule is Cc1ccc(C2=C(c3ccc([N+](=O)[O-])cc3)C(C)(O)c3ccccc32)cc1. The third-order valence-corrected chi connectivity index (χ3v) is 5.16. The van der Waals surface area contributed by atoms with Crippen LogP contribution in [0.25, 0.3) is 11.1 Å². The average molecular weight is 357 g/mol. The quantitative estimate of drug-likeness (QED) is 0.525. The summed E-state index contributed by atoms with van der Waals surface area (Å²) in [4.78, 5) is 10.6. The summed E-state index contributed by atoms with van der Waals surface area (Å²) >= 11 is 0. The first-order valence-electron chi connectivity index (χ1n) is 8.78. The second-order valence-corrected chi connectivity index (χ2v) is 7.04. The Bertz CT molecular complexity index is 1060. The molecule has 0 radical (unpaired) electrons. The van der Waals surface area contributed by atoms with E-state index in [4.69, 9.17) is 0 Å². The Balaban J connectivity index is 2.00. The molecule has 1 atom stereocenters. The van der Waals surface area contributed by atoms with Gasteiger partial charge in [-0.15, -0.1) is 0 Å². The fraction of sp³-hybridized carbons (Fsp3) is 0.130. The molecule has 0 aromatic heterocycles. The van der Waals surface area contributed by atoms with Crippen LogP contribution in [-0.4, -0.2) is 10.0 Å². The van der Waals surface area contributed by atoms with Gasteiger partial charge in [-0.25, -0.2) is 0 Å². The molecule has 0 fully saturated rings. The molecule has 134 valence electrons. The highest BCUT2D eigenvalue weighted by Gasteiger charge is 2.40. The van der Waals surface area contributed by atoms with Crippen molar-refractivity contribution in [3.63, 3.8) is 0 Å². The van der Waals surface area contributed by atoms with Crippen LogP contribution in [0.5, 0.6) is 0 Å². The largest absolute Gasteiger partial charge is 0.381 e. The fourth-order valence-corrected chi connectivity index (χ4v) is 3.83. The molecule has 3 aromatic rings. The lowest BCUT2D eigenvalue weighted by Gasteiger charge is -2.24. The molecule has 3 aromatic carbocycles. The Morgan fingerprint density at radius 1 is 0.889 bits per heavy atom. The van der Waals surface area contributed by atoms with Gasteiger partial charge in [0.1, 0.15) is 5.60 Å². The molecule has 4 heteroatoms. The number of rotatable bonds is 3. The zero-order valence-corrected chi connectivity index (χ0v) is 15.1. The van der Waals surface area contributed by atoms with Gasteiger partial charge < -0.3 is 5.11 Å². The van der Waals surface area contributed by atoms with Gasteiger partial charge >= 0.3 is 0 Å². The number of nitro benzene ring substituents is 1. The van der Waals surface area contributed by atoms with E-state index in [2.05, 4.69) is 0 Å². The van der Waals surface area contributed by atoms with Gasteiger partial charge in [-0.2, -0.15) is 0 Å². The summed E-state index contributed by atoms with van der Waals surface area (Å²) in [5.41, 5.74) is 5.35. The molecule has 0 heterocycles. The number of hydrogen-bond acceptors (Lipinski definition) is 3. The minimum atomic E-state index is -1.19. The van der Waals surface area contributed by atoms with E-state index in [9.17, 15) is 15.2 Å². The smallest absolute Gasteiger partial charge is 0.269 e. The second-order valence-electron chi connectivity index (χ2n) is 7.04. The molecule has 0 saturated carbocycles. The topological polar surface area (TPSA) is 63.4 Å². The predicted molar refractivity (Wildman–Crippen MR) is 106 cm³/mol. The molecule has 4 rings (SSSR count). The number of fused-ring (bicyclic) bond motifs is 1. The molecule has 0 spiro atoms. The molecule has 0 bridgehead atoms. The van der Waals surface area contributed by atoms with Crippen LogP contribution >= 0.6 is 0 Å². The van der Waals surface area contributed by atoms with Crippen molar-refractivity contribution in [1.29, 1.82) is 0 Å². The van der Waals surface area contributed by atoms with E-state index in [-0.39, 0.29) is 5.69 Å². The van der Waals surface area contributed by atoms with Gasteiger partial charge in [0.2, 0.25) is 0 Å². The molecular formula is C23H19NO3. The highest BCUT2D eigenvalue weighted by molar-refractivity contribution is 6.06. The molecule has 1 aliphatic rings. The lowest BCUT2D eigenvalue weighted by molar-refractivity contribution is -0.384. The molecule has 0 aliphatic heterocycles. The van der Waals surface area contributed by atoms with Gasteiger partial charge in [0, 0.05) is 17.7 Å². The van der Waals surface area contributed by atoms with E-state index in [1.165, 1.54) is 12.1 Å². The molecule has 1 unspecified atom stereocenters. The number of aliphatic hydroxyl groups is 1. The van der Waals surface area contributed by atoms with Gasteiger partial charge in [-0.1, -0.05) is 54.1 Å². The lowest BCUT2D eigenvalue weighted by Crippen LogP contribution is -2.20. The summed E-state index contributed by atoms with van der Waals surface area (Å²) < 4.78 is 0. The molecule has 0 amide bonds. The van der Waals surface area contributed by atoms with Crippen molar-refractivity contribution in [2.75, 3.05) is 0 Å². The van der Waals surface area contributed by atoms with Crippen LogP contribution in [0.15, 0.2) is 72.8 Å². The van der Waals surface area contributed by atoms with Crippen molar-refractivity contribution in [3.05, 3.63) is 111 Å². The zero-order chi connectivity index (χ0) is 19.2. The zero-order valence-electron chi connectivity index (χ0n) is 15.1. The van der Waals surface area contributed by atoms with Crippen LogP contribution in [0, 0.1) is 17.0 Å². The minimum Gasteiger partial charge on any atom is -0.381 e. The van der Waals surface area contributed by atoms with Gasteiger partial charge in [0.05, 0.1) is 4.92 Å². The summed E-state index contributed by atoms with van der Waals surface area (Å²) in [6.45, 7) is 3.82. The van der Waals surface area contributed by atoms with E-state index in [1.807, 2.05) is 55.5 Å². The van der Waals surface area contributed by atoms with E-state index in [0.717, 1.165) is 39.0 Å². The Morgan fingerprint density at radius 2 is 1.48 bits per heavy atom. The number of nitro groups is 1. The first kappa shape index (κ1) is 17.2. The van der Waals surface area contributed by atoms with E-state index < -0.39 is 10.5 Å². The number of aryl methyl sites for hydroxylation is 1. The van der Waals surface area contributed by atoms with Crippen LogP contribution in [-0.2, 0) is 5.60 Å². The number of hydrogen-bond donors (Lipinski definition) is 1. The second kappa shape index (κ2) is 6.18. The number of non-ortho nitro benzene ring substituents is 1. The maximum atomic E-state index is 11.4. The third-order valence-electron chi connectivity index (χ3n) is 5.16. The first-order valence-corrected chi connectivity index (χ1v) is 8.78. The van der Waals surface area contributed by atoms with Gasteiger partial charge in [-0.05, 0) is 53.8 Å². The van der Waals surface area contributed by atoms with Crippen molar-refractivity contribution in [2.45, 2.75) is 19.4 Å². The number of nitrogens with zero attached hydrogens (tertiary/aromatic N) is 1.